The van der Waals surface area contributed by atoms with Gasteiger partial charge in [0.15, 0.2) is 0 Å². The van der Waals surface area contributed by atoms with Crippen molar-refractivity contribution in [1.82, 2.24) is 4.98 Å². The van der Waals surface area contributed by atoms with Gasteiger partial charge in [0, 0.05) is 12.6 Å². The Labute approximate surface area is 122 Å². The first-order chi connectivity index (χ1) is 9.95. The number of piperidine rings is 1. The van der Waals surface area contributed by atoms with E-state index in [1.807, 2.05) is 0 Å². The summed E-state index contributed by atoms with van der Waals surface area (Å²) in [5, 5.41) is 0. The molecule has 2 N–H and O–H groups in total. The quantitative estimate of drug-likeness (QED) is 0.856. The van der Waals surface area contributed by atoms with E-state index >= 15 is 0 Å². The summed E-state index contributed by atoms with van der Waals surface area (Å²) in [6.07, 6.45) is 2.40. The molecule has 116 valence electrons. The Balaban J connectivity index is 1.93. The van der Waals surface area contributed by atoms with Crippen molar-refractivity contribution in [3.63, 3.8) is 0 Å². The second-order valence-electron chi connectivity index (χ2n) is 6.08. The van der Waals surface area contributed by atoms with Crippen molar-refractivity contribution in [2.45, 2.75) is 50.7 Å². The Hall–Kier alpha value is -1.46. The van der Waals surface area contributed by atoms with Crippen molar-refractivity contribution >= 4 is 11.6 Å². The summed E-state index contributed by atoms with van der Waals surface area (Å²) in [6, 6.07) is 2.38. The van der Waals surface area contributed by atoms with Crippen molar-refractivity contribution in [2.24, 2.45) is 5.92 Å². The molecular weight excluding hydrogens is 279 g/mol. The molecule has 1 aromatic rings. The molecule has 2 fully saturated rings. The Morgan fingerprint density at radius 3 is 2.57 bits per heavy atom. The molecule has 3 nitrogen and oxygen atoms in total. The SMILES string of the molecule is Nc1cc(C(F)(F)F)cc(N2CCCC3CCCCC32)n1. The molecule has 2 atom stereocenters. The molecule has 6 heteroatoms. The maximum atomic E-state index is 12.9. The van der Waals surface area contributed by atoms with Crippen LogP contribution in [-0.4, -0.2) is 17.6 Å². The second kappa shape index (κ2) is 5.39. The normalized spacial score (nSPS) is 26.5. The van der Waals surface area contributed by atoms with Crippen LogP contribution in [0.5, 0.6) is 0 Å². The van der Waals surface area contributed by atoms with Crippen molar-refractivity contribution < 1.29 is 13.2 Å². The molecule has 3 rings (SSSR count). The van der Waals surface area contributed by atoms with E-state index in [4.69, 9.17) is 5.73 Å². The molecule has 1 aliphatic heterocycles. The Morgan fingerprint density at radius 2 is 1.81 bits per heavy atom. The van der Waals surface area contributed by atoms with E-state index in [1.54, 1.807) is 0 Å². The minimum absolute atomic E-state index is 0.0576. The summed E-state index contributed by atoms with van der Waals surface area (Å²) in [6.45, 7) is 0.773. The van der Waals surface area contributed by atoms with Crippen molar-refractivity contribution in [1.29, 1.82) is 0 Å². The van der Waals surface area contributed by atoms with E-state index in [9.17, 15) is 13.2 Å². The van der Waals surface area contributed by atoms with E-state index < -0.39 is 11.7 Å². The van der Waals surface area contributed by atoms with Crippen LogP contribution in [0.4, 0.5) is 24.8 Å². The van der Waals surface area contributed by atoms with Gasteiger partial charge in [-0.15, -0.1) is 0 Å². The van der Waals surface area contributed by atoms with Gasteiger partial charge in [0.2, 0.25) is 0 Å². The molecule has 0 aromatic carbocycles. The topological polar surface area (TPSA) is 42.1 Å². The number of nitrogens with two attached hydrogens (primary N) is 1. The molecule has 2 heterocycles. The number of pyridine rings is 1. The summed E-state index contributed by atoms with van der Waals surface area (Å²) in [7, 11) is 0. The van der Waals surface area contributed by atoms with Crippen molar-refractivity contribution in [2.75, 3.05) is 17.2 Å². The fourth-order valence-electron chi connectivity index (χ4n) is 3.76. The Kier molecular flexibility index (Phi) is 3.71. The molecule has 2 unspecified atom stereocenters. The molecule has 0 bridgehead atoms. The predicted molar refractivity (Wildman–Crippen MR) is 76.0 cm³/mol. The van der Waals surface area contributed by atoms with Gasteiger partial charge in [-0.3, -0.25) is 0 Å². The minimum Gasteiger partial charge on any atom is -0.384 e. The number of rotatable bonds is 1. The van der Waals surface area contributed by atoms with Crippen LogP contribution in [-0.2, 0) is 6.18 Å². The van der Waals surface area contributed by atoms with Gasteiger partial charge >= 0.3 is 6.18 Å². The van der Waals surface area contributed by atoms with Gasteiger partial charge in [0.1, 0.15) is 11.6 Å². The molecule has 21 heavy (non-hydrogen) atoms. The summed E-state index contributed by atoms with van der Waals surface area (Å²) in [5.74, 6) is 0.918. The number of nitrogen functional groups attached to an aromatic ring is 1. The lowest BCUT2D eigenvalue weighted by atomic mass is 9.78. The third-order valence-corrected chi connectivity index (χ3v) is 4.70. The van der Waals surface area contributed by atoms with Gasteiger partial charge in [0.25, 0.3) is 0 Å². The van der Waals surface area contributed by atoms with Gasteiger partial charge in [0.05, 0.1) is 5.56 Å². The summed E-state index contributed by atoms with van der Waals surface area (Å²) in [4.78, 5) is 6.22. The predicted octanol–water partition coefficient (Wildman–Crippen LogP) is 3.84. The van der Waals surface area contributed by atoms with Gasteiger partial charge in [-0.05, 0) is 43.7 Å². The molecule has 1 aromatic heterocycles. The first-order valence-electron chi connectivity index (χ1n) is 7.56. The van der Waals surface area contributed by atoms with E-state index in [2.05, 4.69) is 9.88 Å². The monoisotopic (exact) mass is 299 g/mol. The number of anilines is 2. The highest BCUT2D eigenvalue weighted by molar-refractivity contribution is 5.50. The lowest BCUT2D eigenvalue weighted by Crippen LogP contribution is -2.47. The highest BCUT2D eigenvalue weighted by Crippen LogP contribution is 2.39. The average Bonchev–Trinajstić information content (AvgIpc) is 2.45. The molecule has 1 saturated carbocycles. The van der Waals surface area contributed by atoms with E-state index in [0.29, 0.717) is 17.8 Å². The second-order valence-corrected chi connectivity index (χ2v) is 6.08. The highest BCUT2D eigenvalue weighted by atomic mass is 19.4. The number of hydrogen-bond acceptors (Lipinski definition) is 3. The lowest BCUT2D eigenvalue weighted by Gasteiger charge is -2.45. The van der Waals surface area contributed by atoms with Crippen molar-refractivity contribution in [3.8, 4) is 0 Å². The zero-order valence-electron chi connectivity index (χ0n) is 11.9. The van der Waals surface area contributed by atoms with Crippen LogP contribution in [0.3, 0.4) is 0 Å². The van der Waals surface area contributed by atoms with Gasteiger partial charge in [-0.2, -0.15) is 13.2 Å². The van der Waals surface area contributed by atoms with Crippen molar-refractivity contribution in [3.05, 3.63) is 17.7 Å². The molecule has 0 spiro atoms. The number of fused-ring (bicyclic) bond motifs is 1. The first kappa shape index (κ1) is 14.5. The lowest BCUT2D eigenvalue weighted by molar-refractivity contribution is -0.137. The van der Waals surface area contributed by atoms with E-state index in [-0.39, 0.29) is 5.82 Å². The largest absolute Gasteiger partial charge is 0.416 e. The van der Waals surface area contributed by atoms with Crippen LogP contribution in [0.15, 0.2) is 12.1 Å². The number of aromatic nitrogens is 1. The fraction of sp³-hybridized carbons (Fsp3) is 0.667. The number of alkyl halides is 3. The Bertz CT molecular complexity index is 513. The van der Waals surface area contributed by atoms with Crippen LogP contribution < -0.4 is 10.6 Å². The third kappa shape index (κ3) is 2.94. The molecular formula is C15H20F3N3. The van der Waals surface area contributed by atoms with Crippen LogP contribution >= 0.6 is 0 Å². The van der Waals surface area contributed by atoms with E-state index in [0.717, 1.165) is 37.9 Å². The first-order valence-corrected chi connectivity index (χ1v) is 7.56. The minimum atomic E-state index is -4.38. The van der Waals surface area contributed by atoms with Gasteiger partial charge in [-0.1, -0.05) is 12.8 Å². The standard InChI is InChI=1S/C15H20F3N3/c16-15(17,18)11-8-13(19)20-14(9-11)21-7-3-5-10-4-1-2-6-12(10)21/h8-10,12H,1-7H2,(H2,19,20). The van der Waals surface area contributed by atoms with Crippen LogP contribution in [0.1, 0.15) is 44.1 Å². The number of hydrogen-bond donors (Lipinski definition) is 1. The zero-order chi connectivity index (χ0) is 15.0. The average molecular weight is 299 g/mol. The molecule has 0 amide bonds. The molecule has 0 radical (unpaired) electrons. The van der Waals surface area contributed by atoms with E-state index in [1.165, 1.54) is 19.3 Å². The van der Waals surface area contributed by atoms with Crippen LogP contribution in [0.25, 0.3) is 0 Å². The molecule has 1 aliphatic carbocycles. The summed E-state index contributed by atoms with van der Waals surface area (Å²) >= 11 is 0. The summed E-state index contributed by atoms with van der Waals surface area (Å²) < 4.78 is 38.8. The van der Waals surface area contributed by atoms with Gasteiger partial charge < -0.3 is 10.6 Å². The fourth-order valence-corrected chi connectivity index (χ4v) is 3.76. The number of nitrogens with zero attached hydrogens (tertiary/aromatic N) is 2. The third-order valence-electron chi connectivity index (χ3n) is 4.70. The maximum absolute atomic E-state index is 12.9. The Morgan fingerprint density at radius 1 is 1.10 bits per heavy atom. The van der Waals surface area contributed by atoms with Gasteiger partial charge in [-0.25, -0.2) is 4.98 Å². The molecule has 2 aliphatic rings. The highest BCUT2D eigenvalue weighted by Gasteiger charge is 2.36. The zero-order valence-corrected chi connectivity index (χ0v) is 11.9. The summed E-state index contributed by atoms with van der Waals surface area (Å²) in [5.41, 5.74) is 4.89. The van der Waals surface area contributed by atoms with Crippen LogP contribution in [0.2, 0.25) is 0 Å². The maximum Gasteiger partial charge on any atom is 0.416 e. The van der Waals surface area contributed by atoms with Crippen LogP contribution in [0, 0.1) is 5.92 Å². The number of halogens is 3. The molecule has 1 saturated heterocycles. The smallest absolute Gasteiger partial charge is 0.384 e.